The van der Waals surface area contributed by atoms with Crippen LogP contribution < -0.4 is 14.9 Å². The van der Waals surface area contributed by atoms with E-state index in [0.717, 1.165) is 16.1 Å². The Hall–Kier alpha value is -3.36. The minimum atomic E-state index is -3.79. The van der Waals surface area contributed by atoms with Crippen LogP contribution >= 0.6 is 11.6 Å². The number of benzene rings is 3. The first-order valence-corrected chi connectivity index (χ1v) is 12.8. The Morgan fingerprint density at radius 1 is 0.882 bits per heavy atom. The summed E-state index contributed by atoms with van der Waals surface area (Å²) in [5.41, 5.74) is 1.79. The van der Waals surface area contributed by atoms with Crippen molar-refractivity contribution in [2.24, 2.45) is 0 Å². The number of carbonyl (C=O) groups excluding carboxylic acids is 2. The van der Waals surface area contributed by atoms with E-state index in [-0.39, 0.29) is 23.2 Å². The van der Waals surface area contributed by atoms with E-state index in [2.05, 4.69) is 10.6 Å². The molecule has 0 spiro atoms. The van der Waals surface area contributed by atoms with Gasteiger partial charge in [0.25, 0.3) is 5.91 Å². The summed E-state index contributed by atoms with van der Waals surface area (Å²) in [5, 5.41) is 6.07. The molecule has 0 aliphatic carbocycles. The Kier molecular flexibility index (Phi) is 7.96. The van der Waals surface area contributed by atoms with E-state index in [9.17, 15) is 18.0 Å². The van der Waals surface area contributed by atoms with Gasteiger partial charge >= 0.3 is 0 Å². The topological polar surface area (TPSA) is 95.6 Å². The van der Waals surface area contributed by atoms with E-state index in [0.29, 0.717) is 10.7 Å². The lowest BCUT2D eigenvalue weighted by Crippen LogP contribution is -2.45. The first-order chi connectivity index (χ1) is 16.1. The first-order valence-electron chi connectivity index (χ1n) is 10.6. The number of nitrogens with zero attached hydrogens (tertiary/aromatic N) is 1. The highest BCUT2D eigenvalue weighted by molar-refractivity contribution is 7.92. The maximum absolute atomic E-state index is 13.1. The molecule has 7 nitrogen and oxygen atoms in total. The summed E-state index contributed by atoms with van der Waals surface area (Å²) >= 11 is 5.92. The lowest BCUT2D eigenvalue weighted by atomic mass is 10.1. The number of sulfonamides is 1. The molecular weight excluding hydrogens is 474 g/mol. The van der Waals surface area contributed by atoms with Gasteiger partial charge in [0.05, 0.1) is 29.2 Å². The van der Waals surface area contributed by atoms with Crippen molar-refractivity contribution < 1.29 is 18.0 Å². The summed E-state index contributed by atoms with van der Waals surface area (Å²) in [6, 6.07) is 20.9. The third-order valence-corrected chi connectivity index (χ3v) is 6.74. The fourth-order valence-corrected chi connectivity index (χ4v) is 4.82. The number of hydrogen-bond donors (Lipinski definition) is 2. The SMILES string of the molecule is C[C@H](NC(=O)c1ccccc1NC(=O)[C@@H](C)N(c1ccc(Cl)cc1)S(C)(=O)=O)c1ccccc1. The summed E-state index contributed by atoms with van der Waals surface area (Å²) in [6.45, 7) is 3.34. The van der Waals surface area contributed by atoms with Crippen molar-refractivity contribution in [3.8, 4) is 0 Å². The van der Waals surface area contributed by atoms with Crippen molar-refractivity contribution in [3.63, 3.8) is 0 Å². The monoisotopic (exact) mass is 499 g/mol. The fraction of sp³-hybridized carbons (Fsp3) is 0.200. The second kappa shape index (κ2) is 10.7. The molecule has 0 heterocycles. The molecule has 0 unspecified atom stereocenters. The van der Waals surface area contributed by atoms with Crippen LogP contribution in [0.2, 0.25) is 5.02 Å². The summed E-state index contributed by atoms with van der Waals surface area (Å²) in [6.07, 6.45) is 1.03. The average Bonchev–Trinajstić information content (AvgIpc) is 2.80. The minimum Gasteiger partial charge on any atom is -0.345 e. The molecule has 3 aromatic carbocycles. The second-order valence-corrected chi connectivity index (χ2v) is 10.1. The molecule has 0 aromatic heterocycles. The van der Waals surface area contributed by atoms with Gasteiger partial charge in [-0.1, -0.05) is 54.1 Å². The number of rotatable bonds is 8. The van der Waals surface area contributed by atoms with Crippen LogP contribution in [0.25, 0.3) is 0 Å². The number of hydrogen-bond acceptors (Lipinski definition) is 4. The maximum Gasteiger partial charge on any atom is 0.253 e. The van der Waals surface area contributed by atoms with Gasteiger partial charge in [-0.05, 0) is 55.8 Å². The van der Waals surface area contributed by atoms with Gasteiger partial charge < -0.3 is 10.6 Å². The largest absolute Gasteiger partial charge is 0.345 e. The highest BCUT2D eigenvalue weighted by Gasteiger charge is 2.30. The molecule has 0 aliphatic rings. The Labute approximate surface area is 204 Å². The lowest BCUT2D eigenvalue weighted by molar-refractivity contribution is -0.116. The summed E-state index contributed by atoms with van der Waals surface area (Å²) in [5.74, 6) is -0.950. The van der Waals surface area contributed by atoms with Gasteiger partial charge in [0.2, 0.25) is 15.9 Å². The molecule has 178 valence electrons. The minimum absolute atomic E-state index is 0.248. The molecule has 9 heteroatoms. The molecule has 0 radical (unpaired) electrons. The summed E-state index contributed by atoms with van der Waals surface area (Å²) in [7, 11) is -3.79. The predicted octanol–water partition coefficient (Wildman–Crippen LogP) is 4.62. The molecule has 2 amide bonds. The van der Waals surface area contributed by atoms with E-state index in [4.69, 9.17) is 11.6 Å². The van der Waals surface area contributed by atoms with Gasteiger partial charge in [-0.2, -0.15) is 0 Å². The molecule has 3 aromatic rings. The molecule has 0 bridgehead atoms. The molecule has 3 rings (SSSR count). The van der Waals surface area contributed by atoms with Crippen molar-refractivity contribution in [3.05, 3.63) is 95.0 Å². The zero-order valence-electron chi connectivity index (χ0n) is 19.0. The van der Waals surface area contributed by atoms with E-state index in [1.807, 2.05) is 37.3 Å². The number of para-hydroxylation sites is 1. The quantitative estimate of drug-likeness (QED) is 0.472. The van der Waals surface area contributed by atoms with Crippen molar-refractivity contribution in [2.45, 2.75) is 25.9 Å². The molecule has 0 saturated carbocycles. The van der Waals surface area contributed by atoms with E-state index < -0.39 is 22.0 Å². The van der Waals surface area contributed by atoms with Gasteiger partial charge in [-0.25, -0.2) is 8.42 Å². The Bertz CT molecular complexity index is 1260. The third kappa shape index (κ3) is 6.15. The van der Waals surface area contributed by atoms with Gasteiger partial charge in [-0.15, -0.1) is 0 Å². The summed E-state index contributed by atoms with van der Waals surface area (Å²) < 4.78 is 26.0. The molecule has 0 aliphatic heterocycles. The van der Waals surface area contributed by atoms with Crippen molar-refractivity contribution >= 4 is 44.8 Å². The van der Waals surface area contributed by atoms with E-state index >= 15 is 0 Å². The number of nitrogens with one attached hydrogen (secondary N) is 2. The maximum atomic E-state index is 13.1. The Morgan fingerprint density at radius 3 is 2.09 bits per heavy atom. The van der Waals surface area contributed by atoms with Crippen LogP contribution in [0.3, 0.4) is 0 Å². The molecule has 0 fully saturated rings. The lowest BCUT2D eigenvalue weighted by Gasteiger charge is -2.28. The van der Waals surface area contributed by atoms with Crippen LogP contribution in [-0.2, 0) is 14.8 Å². The molecule has 34 heavy (non-hydrogen) atoms. The highest BCUT2D eigenvalue weighted by Crippen LogP contribution is 2.24. The van der Waals surface area contributed by atoms with Gasteiger partial charge in [-0.3, -0.25) is 13.9 Å². The van der Waals surface area contributed by atoms with Crippen LogP contribution in [0.5, 0.6) is 0 Å². The van der Waals surface area contributed by atoms with E-state index in [1.165, 1.54) is 19.1 Å². The van der Waals surface area contributed by atoms with Gasteiger partial charge in [0, 0.05) is 5.02 Å². The van der Waals surface area contributed by atoms with Crippen LogP contribution in [0.1, 0.15) is 35.8 Å². The fourth-order valence-electron chi connectivity index (χ4n) is 3.52. The van der Waals surface area contributed by atoms with Crippen molar-refractivity contribution in [1.82, 2.24) is 5.32 Å². The summed E-state index contributed by atoms with van der Waals surface area (Å²) in [4.78, 5) is 26.1. The third-order valence-electron chi connectivity index (χ3n) is 5.25. The second-order valence-electron chi connectivity index (χ2n) is 7.85. The highest BCUT2D eigenvalue weighted by atomic mass is 35.5. The number of anilines is 2. The standard InChI is InChI=1S/C25H26ClN3O4S/c1-17(19-9-5-4-6-10-19)27-25(31)22-11-7-8-12-23(22)28-24(30)18(2)29(34(3,32)33)21-15-13-20(26)14-16-21/h4-18H,1-3H3,(H,27,31)(H,28,30)/t17-,18+/m0/s1. The average molecular weight is 500 g/mol. The molecule has 2 N–H and O–H groups in total. The van der Waals surface area contributed by atoms with Crippen LogP contribution in [0, 0.1) is 0 Å². The van der Waals surface area contributed by atoms with Gasteiger partial charge in [0.15, 0.2) is 0 Å². The number of carbonyl (C=O) groups is 2. The zero-order valence-corrected chi connectivity index (χ0v) is 20.6. The molecule has 0 saturated heterocycles. The number of amides is 2. The molecular formula is C25H26ClN3O4S. The zero-order chi connectivity index (χ0) is 24.9. The van der Waals surface area contributed by atoms with Crippen LogP contribution in [0.4, 0.5) is 11.4 Å². The first kappa shape index (κ1) is 25.3. The normalized spacial score (nSPS) is 12.9. The predicted molar refractivity (Wildman–Crippen MR) is 136 cm³/mol. The Morgan fingerprint density at radius 2 is 1.47 bits per heavy atom. The number of halogens is 1. The van der Waals surface area contributed by atoms with Gasteiger partial charge in [0.1, 0.15) is 6.04 Å². The van der Waals surface area contributed by atoms with E-state index in [1.54, 1.807) is 36.4 Å². The van der Waals surface area contributed by atoms with Crippen LogP contribution in [0.15, 0.2) is 78.9 Å². The van der Waals surface area contributed by atoms with Crippen molar-refractivity contribution in [2.75, 3.05) is 15.9 Å². The van der Waals surface area contributed by atoms with Crippen LogP contribution in [-0.4, -0.2) is 32.5 Å². The van der Waals surface area contributed by atoms with Crippen molar-refractivity contribution in [1.29, 1.82) is 0 Å². The molecule has 2 atom stereocenters. The Balaban J connectivity index is 1.81. The smallest absolute Gasteiger partial charge is 0.253 e.